The molecule has 3 nitrogen and oxygen atoms in total. The van der Waals surface area contributed by atoms with E-state index in [1.165, 1.54) is 32.1 Å². The summed E-state index contributed by atoms with van der Waals surface area (Å²) in [6.45, 7) is 3.51. The molecule has 0 aliphatic rings. The summed E-state index contributed by atoms with van der Waals surface area (Å²) in [5.41, 5.74) is 0.805. The van der Waals surface area contributed by atoms with E-state index in [4.69, 9.17) is 16.3 Å². The van der Waals surface area contributed by atoms with Gasteiger partial charge in [0.2, 0.25) is 0 Å². The summed E-state index contributed by atoms with van der Waals surface area (Å²) in [5, 5.41) is 3.67. The molecule has 4 heteroatoms. The average molecular weight is 285 g/mol. The van der Waals surface area contributed by atoms with E-state index in [-0.39, 0.29) is 0 Å². The highest BCUT2D eigenvalue weighted by atomic mass is 35.5. The maximum atomic E-state index is 6.08. The van der Waals surface area contributed by atoms with Crippen LogP contribution in [-0.4, -0.2) is 18.6 Å². The third-order valence-corrected chi connectivity index (χ3v) is 3.40. The maximum absolute atomic E-state index is 6.08. The molecular formula is C15H25ClN2O. The molecule has 1 aromatic heterocycles. The molecule has 1 N–H and O–H groups in total. The smallest absolute Gasteiger partial charge is 0.126 e. The standard InChI is InChI=1S/C15H25ClN2O/c1-3-4-5-6-7-8-11-19-12-14-13(16)9-10-15(17-2)18-14/h9-10H,3-8,11-12H2,1-2H3,(H,17,18). The van der Waals surface area contributed by atoms with Crippen molar-refractivity contribution in [3.05, 3.63) is 22.8 Å². The number of unbranched alkanes of at least 4 members (excludes halogenated alkanes) is 5. The molecule has 108 valence electrons. The predicted molar refractivity (Wildman–Crippen MR) is 81.8 cm³/mol. The SMILES string of the molecule is CCCCCCCCOCc1nc(NC)ccc1Cl. The van der Waals surface area contributed by atoms with Crippen molar-refractivity contribution in [1.29, 1.82) is 0 Å². The van der Waals surface area contributed by atoms with Gasteiger partial charge in [0.15, 0.2) is 0 Å². The van der Waals surface area contributed by atoms with Gasteiger partial charge < -0.3 is 10.1 Å². The van der Waals surface area contributed by atoms with Crippen molar-refractivity contribution in [3.8, 4) is 0 Å². The van der Waals surface area contributed by atoms with Gasteiger partial charge in [0.05, 0.1) is 17.3 Å². The van der Waals surface area contributed by atoms with Crippen LogP contribution in [0, 0.1) is 0 Å². The van der Waals surface area contributed by atoms with Crippen LogP contribution in [0.4, 0.5) is 5.82 Å². The molecule has 0 saturated carbocycles. The Bertz CT molecular complexity index is 358. The summed E-state index contributed by atoms with van der Waals surface area (Å²) in [5.74, 6) is 0.822. The Morgan fingerprint density at radius 2 is 1.89 bits per heavy atom. The zero-order valence-corrected chi connectivity index (χ0v) is 12.8. The number of hydrogen-bond donors (Lipinski definition) is 1. The van der Waals surface area contributed by atoms with E-state index in [0.717, 1.165) is 24.5 Å². The second kappa shape index (κ2) is 10.0. The van der Waals surface area contributed by atoms with Crippen LogP contribution in [0.2, 0.25) is 5.02 Å². The topological polar surface area (TPSA) is 34.1 Å². The Labute approximate surface area is 121 Å². The Morgan fingerprint density at radius 1 is 1.16 bits per heavy atom. The van der Waals surface area contributed by atoms with Crippen molar-refractivity contribution < 1.29 is 4.74 Å². The largest absolute Gasteiger partial charge is 0.375 e. The highest BCUT2D eigenvalue weighted by Crippen LogP contribution is 2.17. The quantitative estimate of drug-likeness (QED) is 0.635. The molecular weight excluding hydrogens is 260 g/mol. The molecule has 0 atom stereocenters. The zero-order chi connectivity index (χ0) is 13.9. The van der Waals surface area contributed by atoms with Crippen LogP contribution in [0.15, 0.2) is 12.1 Å². The van der Waals surface area contributed by atoms with Crippen LogP contribution in [0.5, 0.6) is 0 Å². The molecule has 0 spiro atoms. The van der Waals surface area contributed by atoms with Crippen molar-refractivity contribution in [3.63, 3.8) is 0 Å². The predicted octanol–water partition coefficient (Wildman–Crippen LogP) is 4.65. The first-order valence-electron chi connectivity index (χ1n) is 7.18. The van der Waals surface area contributed by atoms with Gasteiger partial charge >= 0.3 is 0 Å². The molecule has 1 rings (SSSR count). The van der Waals surface area contributed by atoms with Crippen molar-refractivity contribution in [2.75, 3.05) is 19.0 Å². The summed E-state index contributed by atoms with van der Waals surface area (Å²) in [4.78, 5) is 4.38. The lowest BCUT2D eigenvalue weighted by Gasteiger charge is -2.07. The maximum Gasteiger partial charge on any atom is 0.126 e. The van der Waals surface area contributed by atoms with Crippen LogP contribution in [0.3, 0.4) is 0 Å². The van der Waals surface area contributed by atoms with E-state index in [1.54, 1.807) is 0 Å². The van der Waals surface area contributed by atoms with E-state index in [0.29, 0.717) is 11.6 Å². The van der Waals surface area contributed by atoms with Crippen LogP contribution >= 0.6 is 11.6 Å². The minimum atomic E-state index is 0.489. The first kappa shape index (κ1) is 16.3. The summed E-state index contributed by atoms with van der Waals surface area (Å²) >= 11 is 6.08. The minimum absolute atomic E-state index is 0.489. The molecule has 0 aromatic carbocycles. The molecule has 1 heterocycles. The number of pyridine rings is 1. The third kappa shape index (κ3) is 6.79. The summed E-state index contributed by atoms with van der Waals surface area (Å²) in [6, 6.07) is 3.71. The fraction of sp³-hybridized carbons (Fsp3) is 0.667. The highest BCUT2D eigenvalue weighted by Gasteiger charge is 2.03. The Hall–Kier alpha value is -0.800. The number of nitrogens with one attached hydrogen (secondary N) is 1. The Kier molecular flexibility index (Phi) is 8.59. The molecule has 0 radical (unpaired) electrons. The normalized spacial score (nSPS) is 10.7. The van der Waals surface area contributed by atoms with E-state index >= 15 is 0 Å². The Morgan fingerprint density at radius 3 is 2.63 bits per heavy atom. The first-order chi connectivity index (χ1) is 9.27. The summed E-state index contributed by atoms with van der Waals surface area (Å²) in [6.07, 6.45) is 7.66. The van der Waals surface area contributed by atoms with Gasteiger partial charge in [-0.05, 0) is 18.6 Å². The van der Waals surface area contributed by atoms with Crippen LogP contribution in [0.25, 0.3) is 0 Å². The van der Waals surface area contributed by atoms with Gasteiger partial charge in [0.1, 0.15) is 5.82 Å². The van der Waals surface area contributed by atoms with E-state index in [2.05, 4.69) is 17.2 Å². The summed E-state index contributed by atoms with van der Waals surface area (Å²) in [7, 11) is 1.84. The number of halogens is 1. The molecule has 0 aliphatic heterocycles. The molecule has 0 saturated heterocycles. The second-order valence-electron chi connectivity index (χ2n) is 4.70. The molecule has 0 amide bonds. The van der Waals surface area contributed by atoms with Crippen molar-refractivity contribution in [2.45, 2.75) is 52.1 Å². The van der Waals surface area contributed by atoms with Gasteiger partial charge in [-0.3, -0.25) is 0 Å². The number of nitrogens with zero attached hydrogens (tertiary/aromatic N) is 1. The van der Waals surface area contributed by atoms with Gasteiger partial charge in [-0.2, -0.15) is 0 Å². The molecule has 1 aromatic rings. The number of anilines is 1. The van der Waals surface area contributed by atoms with E-state index in [1.807, 2.05) is 19.2 Å². The molecule has 0 aliphatic carbocycles. The lowest BCUT2D eigenvalue weighted by Crippen LogP contribution is -2.01. The average Bonchev–Trinajstić information content (AvgIpc) is 2.43. The summed E-state index contributed by atoms with van der Waals surface area (Å²) < 4.78 is 5.63. The zero-order valence-electron chi connectivity index (χ0n) is 12.0. The van der Waals surface area contributed by atoms with Crippen LogP contribution in [-0.2, 0) is 11.3 Å². The molecule has 0 fully saturated rings. The number of hydrogen-bond acceptors (Lipinski definition) is 3. The van der Waals surface area contributed by atoms with Gasteiger partial charge in [0.25, 0.3) is 0 Å². The minimum Gasteiger partial charge on any atom is -0.375 e. The Balaban J connectivity index is 2.15. The van der Waals surface area contributed by atoms with Crippen LogP contribution < -0.4 is 5.32 Å². The van der Waals surface area contributed by atoms with Gasteiger partial charge in [-0.25, -0.2) is 4.98 Å². The van der Waals surface area contributed by atoms with Crippen molar-refractivity contribution in [1.82, 2.24) is 4.98 Å². The number of aromatic nitrogens is 1. The van der Waals surface area contributed by atoms with Crippen molar-refractivity contribution >= 4 is 17.4 Å². The van der Waals surface area contributed by atoms with Gasteiger partial charge in [0, 0.05) is 13.7 Å². The lowest BCUT2D eigenvalue weighted by molar-refractivity contribution is 0.114. The monoisotopic (exact) mass is 284 g/mol. The molecule has 19 heavy (non-hydrogen) atoms. The fourth-order valence-electron chi connectivity index (χ4n) is 1.88. The first-order valence-corrected chi connectivity index (χ1v) is 7.56. The number of ether oxygens (including phenoxy) is 1. The van der Waals surface area contributed by atoms with Gasteiger partial charge in [-0.1, -0.05) is 50.6 Å². The molecule has 0 bridgehead atoms. The van der Waals surface area contributed by atoms with Crippen molar-refractivity contribution in [2.24, 2.45) is 0 Å². The fourth-order valence-corrected chi connectivity index (χ4v) is 2.04. The molecule has 0 unspecified atom stereocenters. The van der Waals surface area contributed by atoms with Crippen LogP contribution in [0.1, 0.15) is 51.1 Å². The second-order valence-corrected chi connectivity index (χ2v) is 5.10. The van der Waals surface area contributed by atoms with E-state index in [9.17, 15) is 0 Å². The third-order valence-electron chi connectivity index (χ3n) is 3.06. The van der Waals surface area contributed by atoms with Gasteiger partial charge in [-0.15, -0.1) is 0 Å². The van der Waals surface area contributed by atoms with E-state index < -0.39 is 0 Å². The highest BCUT2D eigenvalue weighted by molar-refractivity contribution is 6.31. The lowest BCUT2D eigenvalue weighted by atomic mass is 10.1. The number of rotatable bonds is 10.